The van der Waals surface area contributed by atoms with Crippen LogP contribution in [-0.4, -0.2) is 41.2 Å². The van der Waals surface area contributed by atoms with Crippen LogP contribution in [0.4, 0.5) is 5.69 Å². The van der Waals surface area contributed by atoms with Gasteiger partial charge in [0.1, 0.15) is 6.04 Å². The molecule has 2 aromatic carbocycles. The number of esters is 1. The topological polar surface area (TPSA) is 92.8 Å². The van der Waals surface area contributed by atoms with Crippen molar-refractivity contribution < 1.29 is 23.9 Å². The largest absolute Gasteiger partial charge is 0.454 e. The van der Waals surface area contributed by atoms with E-state index in [1.165, 1.54) is 0 Å². The Morgan fingerprint density at radius 3 is 2.28 bits per heavy atom. The molecule has 1 aliphatic heterocycles. The monoisotopic (exact) mass is 520 g/mol. The van der Waals surface area contributed by atoms with Crippen LogP contribution in [0.25, 0.3) is 0 Å². The molecule has 9 heteroatoms. The average molecular weight is 522 g/mol. The van der Waals surface area contributed by atoms with Crippen LogP contribution in [-0.2, 0) is 14.3 Å². The molecule has 0 aliphatic carbocycles. The molecule has 2 aromatic rings. The third-order valence-electron chi connectivity index (χ3n) is 4.99. The molecular formula is C23H22BrClN2O5. The van der Waals surface area contributed by atoms with E-state index in [0.717, 1.165) is 10.5 Å². The number of carbonyl (C=O) groups excluding carboxylic acids is 4. The van der Waals surface area contributed by atoms with Crippen molar-refractivity contribution in [2.75, 3.05) is 11.9 Å². The quantitative estimate of drug-likeness (QED) is 0.424. The van der Waals surface area contributed by atoms with Gasteiger partial charge in [0.05, 0.1) is 16.1 Å². The molecule has 3 rings (SSSR count). The first kappa shape index (κ1) is 23.9. The van der Waals surface area contributed by atoms with Gasteiger partial charge in [-0.1, -0.05) is 37.6 Å². The minimum Gasteiger partial charge on any atom is -0.454 e. The Balaban J connectivity index is 1.71. The lowest BCUT2D eigenvalue weighted by atomic mass is 10.0. The van der Waals surface area contributed by atoms with Crippen molar-refractivity contribution in [3.05, 3.63) is 62.6 Å². The van der Waals surface area contributed by atoms with E-state index in [-0.39, 0.29) is 23.5 Å². The van der Waals surface area contributed by atoms with Crippen molar-refractivity contribution in [1.82, 2.24) is 4.90 Å². The van der Waals surface area contributed by atoms with Crippen LogP contribution in [0.2, 0.25) is 5.02 Å². The second kappa shape index (κ2) is 9.83. The minimum atomic E-state index is -1.13. The third-order valence-corrected chi connectivity index (χ3v) is 6.19. The van der Waals surface area contributed by atoms with E-state index in [2.05, 4.69) is 21.2 Å². The summed E-state index contributed by atoms with van der Waals surface area (Å²) >= 11 is 9.38. The summed E-state index contributed by atoms with van der Waals surface area (Å²) in [5, 5.41) is 3.07. The predicted octanol–water partition coefficient (Wildman–Crippen LogP) is 4.60. The molecule has 7 nitrogen and oxygen atoms in total. The first-order chi connectivity index (χ1) is 15.1. The van der Waals surface area contributed by atoms with E-state index < -0.39 is 36.3 Å². The second-order valence-corrected chi connectivity index (χ2v) is 9.17. The molecule has 1 atom stereocenters. The molecule has 0 saturated heterocycles. The zero-order valence-electron chi connectivity index (χ0n) is 17.8. The fourth-order valence-electron chi connectivity index (χ4n) is 3.44. The highest BCUT2D eigenvalue weighted by Crippen LogP contribution is 2.29. The number of rotatable bonds is 7. The lowest BCUT2D eigenvalue weighted by Gasteiger charge is -2.25. The zero-order chi connectivity index (χ0) is 23.6. The lowest BCUT2D eigenvalue weighted by molar-refractivity contribution is -0.151. The summed E-state index contributed by atoms with van der Waals surface area (Å²) in [5.74, 6) is -2.46. The van der Waals surface area contributed by atoms with Crippen molar-refractivity contribution in [3.63, 3.8) is 0 Å². The summed E-state index contributed by atoms with van der Waals surface area (Å²) in [4.78, 5) is 51.8. The Hall–Kier alpha value is -2.71. The van der Waals surface area contributed by atoms with Gasteiger partial charge >= 0.3 is 5.97 Å². The highest BCUT2D eigenvalue weighted by Gasteiger charge is 2.43. The number of nitrogens with one attached hydrogen (secondary N) is 1. The molecule has 3 amide bonds. The van der Waals surface area contributed by atoms with Crippen molar-refractivity contribution in [2.24, 2.45) is 5.92 Å². The Labute approximate surface area is 199 Å². The van der Waals surface area contributed by atoms with E-state index in [4.69, 9.17) is 16.3 Å². The molecule has 0 bridgehead atoms. The normalized spacial score (nSPS) is 13.9. The van der Waals surface area contributed by atoms with Crippen molar-refractivity contribution in [3.8, 4) is 0 Å². The Kier molecular flexibility index (Phi) is 7.36. The molecule has 0 unspecified atom stereocenters. The van der Waals surface area contributed by atoms with Gasteiger partial charge in [0.2, 0.25) is 0 Å². The molecule has 1 heterocycles. The standard InChI is InChI=1S/C23H22BrClN2O5/c1-12(2)8-19(27-21(29)14-6-4-5-7-15(14)22(27)30)23(31)32-11-20(28)26-18-10-17(25)16(24)9-13(18)3/h4-7,9-10,12,19H,8,11H2,1-3H3,(H,26,28)/t19-/m1/s1. The number of halogens is 2. The van der Waals surface area contributed by atoms with E-state index >= 15 is 0 Å². The number of fused-ring (bicyclic) bond motifs is 1. The maximum absolute atomic E-state index is 12.9. The van der Waals surface area contributed by atoms with Gasteiger partial charge in [-0.25, -0.2) is 4.79 Å². The van der Waals surface area contributed by atoms with Gasteiger partial charge in [0.25, 0.3) is 17.7 Å². The van der Waals surface area contributed by atoms with Crippen LogP contribution < -0.4 is 5.32 Å². The number of anilines is 1. The first-order valence-corrected chi connectivity index (χ1v) is 11.2. The summed E-state index contributed by atoms with van der Waals surface area (Å²) in [6, 6.07) is 8.62. The van der Waals surface area contributed by atoms with Crippen LogP contribution in [0.3, 0.4) is 0 Å². The van der Waals surface area contributed by atoms with Crippen LogP contribution in [0.15, 0.2) is 40.9 Å². The van der Waals surface area contributed by atoms with Gasteiger partial charge in [0, 0.05) is 10.2 Å². The second-order valence-electron chi connectivity index (χ2n) is 7.91. The number of nitrogens with zero attached hydrogens (tertiary/aromatic N) is 1. The Morgan fingerprint density at radius 1 is 1.12 bits per heavy atom. The fourth-order valence-corrected chi connectivity index (χ4v) is 4.07. The lowest BCUT2D eigenvalue weighted by Crippen LogP contribution is -2.46. The SMILES string of the molecule is Cc1cc(Br)c(Cl)cc1NC(=O)COC(=O)[C@@H](CC(C)C)N1C(=O)c2ccccc2C1=O. The number of hydrogen-bond acceptors (Lipinski definition) is 5. The van der Waals surface area contributed by atoms with Gasteiger partial charge in [-0.15, -0.1) is 0 Å². The number of carbonyl (C=O) groups is 4. The molecule has 1 N–H and O–H groups in total. The van der Waals surface area contributed by atoms with Crippen molar-refractivity contribution in [1.29, 1.82) is 0 Å². The molecule has 1 aliphatic rings. The molecule has 0 fully saturated rings. The minimum absolute atomic E-state index is 0.00162. The molecule has 32 heavy (non-hydrogen) atoms. The predicted molar refractivity (Wildman–Crippen MR) is 124 cm³/mol. The van der Waals surface area contributed by atoms with Crippen molar-refractivity contribution in [2.45, 2.75) is 33.2 Å². The third kappa shape index (κ3) is 5.02. The number of aryl methyl sites for hydroxylation is 1. The van der Waals surface area contributed by atoms with Crippen LogP contribution in [0.1, 0.15) is 46.5 Å². The van der Waals surface area contributed by atoms with Gasteiger partial charge < -0.3 is 10.1 Å². The van der Waals surface area contributed by atoms with Gasteiger partial charge in [-0.3, -0.25) is 19.3 Å². The summed E-state index contributed by atoms with van der Waals surface area (Å²) in [7, 11) is 0. The highest BCUT2D eigenvalue weighted by molar-refractivity contribution is 9.10. The Bertz CT molecular complexity index is 1070. The van der Waals surface area contributed by atoms with Crippen molar-refractivity contribution >= 4 is 56.9 Å². The number of benzene rings is 2. The Morgan fingerprint density at radius 2 is 1.72 bits per heavy atom. The van der Waals surface area contributed by atoms with Gasteiger partial charge in [0.15, 0.2) is 6.61 Å². The average Bonchev–Trinajstić information content (AvgIpc) is 2.99. The van der Waals surface area contributed by atoms with Gasteiger partial charge in [-0.2, -0.15) is 0 Å². The van der Waals surface area contributed by atoms with E-state index in [1.54, 1.807) is 43.3 Å². The first-order valence-electron chi connectivity index (χ1n) is 9.99. The van der Waals surface area contributed by atoms with Crippen LogP contribution in [0, 0.1) is 12.8 Å². The van der Waals surface area contributed by atoms with E-state index in [1.807, 2.05) is 13.8 Å². The van der Waals surface area contributed by atoms with E-state index in [9.17, 15) is 19.2 Å². The van der Waals surface area contributed by atoms with Gasteiger partial charge in [-0.05, 0) is 65.0 Å². The molecular weight excluding hydrogens is 500 g/mol. The maximum atomic E-state index is 12.9. The summed E-state index contributed by atoms with van der Waals surface area (Å²) in [6.45, 7) is 4.96. The molecule has 0 spiro atoms. The number of hydrogen-bond donors (Lipinski definition) is 1. The zero-order valence-corrected chi connectivity index (χ0v) is 20.1. The maximum Gasteiger partial charge on any atom is 0.329 e. The number of imide groups is 1. The summed E-state index contributed by atoms with van der Waals surface area (Å²) < 4.78 is 5.89. The smallest absolute Gasteiger partial charge is 0.329 e. The van der Waals surface area contributed by atoms with E-state index in [0.29, 0.717) is 15.2 Å². The summed E-state index contributed by atoms with van der Waals surface area (Å²) in [5.41, 5.74) is 1.75. The molecule has 0 aromatic heterocycles. The molecule has 0 radical (unpaired) electrons. The molecule has 168 valence electrons. The summed E-state index contributed by atoms with van der Waals surface area (Å²) in [6.07, 6.45) is 0.216. The van der Waals surface area contributed by atoms with Crippen LogP contribution in [0.5, 0.6) is 0 Å². The van der Waals surface area contributed by atoms with Crippen LogP contribution >= 0.6 is 27.5 Å². The molecule has 0 saturated carbocycles. The highest BCUT2D eigenvalue weighted by atomic mass is 79.9. The number of amides is 3. The number of ether oxygens (including phenoxy) is 1. The fraction of sp³-hybridized carbons (Fsp3) is 0.304.